The molecular weight excluding hydrogens is 342 g/mol. The molecule has 0 radical (unpaired) electrons. The number of nitrogen functional groups attached to an aromatic ring is 1. The fraction of sp³-hybridized carbons (Fsp3) is 0.375. The third-order valence-electron chi connectivity index (χ3n) is 3.52. The van der Waals surface area contributed by atoms with Crippen molar-refractivity contribution in [3.63, 3.8) is 0 Å². The number of amides is 1. The van der Waals surface area contributed by atoms with Crippen molar-refractivity contribution in [1.82, 2.24) is 14.8 Å². The fourth-order valence-electron chi connectivity index (χ4n) is 2.30. The molecule has 0 aliphatic rings. The summed E-state index contributed by atoms with van der Waals surface area (Å²) in [6, 6.07) is 6.94. The number of anilines is 2. The van der Waals surface area contributed by atoms with Crippen molar-refractivity contribution in [1.29, 1.82) is 0 Å². The largest absolute Gasteiger partial charge is 0.468 e. The first-order valence-electron chi connectivity index (χ1n) is 7.73. The maximum atomic E-state index is 12.7. The Balaban J connectivity index is 2.20. The van der Waals surface area contributed by atoms with Crippen LogP contribution in [0.3, 0.4) is 0 Å². The summed E-state index contributed by atoms with van der Waals surface area (Å²) < 4.78 is 6.16. The zero-order valence-corrected chi connectivity index (χ0v) is 15.2. The normalized spacial score (nSPS) is 11.8. The number of rotatable bonds is 7. The average Bonchev–Trinajstić information content (AvgIpc) is 2.94. The van der Waals surface area contributed by atoms with Crippen LogP contribution in [0.15, 0.2) is 29.4 Å². The second-order valence-corrected chi connectivity index (χ2v) is 6.30. The lowest BCUT2D eigenvalue weighted by Gasteiger charge is -2.19. The number of aryl methyl sites for hydroxylation is 1. The Bertz CT molecular complexity index is 762. The van der Waals surface area contributed by atoms with Gasteiger partial charge in [0.05, 0.1) is 12.9 Å². The summed E-state index contributed by atoms with van der Waals surface area (Å²) in [6.45, 7) is 3.82. The fourth-order valence-corrected chi connectivity index (χ4v) is 3.12. The number of nitrogens with one attached hydrogen (secondary N) is 1. The molecule has 9 heteroatoms. The molecule has 0 saturated heterocycles. The van der Waals surface area contributed by atoms with E-state index >= 15 is 0 Å². The highest BCUT2D eigenvalue weighted by Crippen LogP contribution is 2.26. The second-order valence-electron chi connectivity index (χ2n) is 5.36. The van der Waals surface area contributed by atoms with Crippen LogP contribution in [-0.4, -0.2) is 39.5 Å². The molecule has 2 rings (SSSR count). The molecule has 25 heavy (non-hydrogen) atoms. The highest BCUT2D eigenvalue weighted by Gasteiger charge is 2.25. The van der Waals surface area contributed by atoms with E-state index in [4.69, 9.17) is 5.73 Å². The predicted octanol–water partition coefficient (Wildman–Crippen LogP) is 2.02. The van der Waals surface area contributed by atoms with Crippen LogP contribution in [0.25, 0.3) is 0 Å². The Morgan fingerprint density at radius 2 is 2.16 bits per heavy atom. The van der Waals surface area contributed by atoms with Gasteiger partial charge in [0, 0.05) is 5.69 Å². The Morgan fingerprint density at radius 1 is 1.40 bits per heavy atom. The SMILES string of the molecule is CCC(C(=O)Nc1cccc(C)c1)n1c(N)nnc1SCC(=O)OC. The van der Waals surface area contributed by atoms with Gasteiger partial charge in [0.25, 0.3) is 0 Å². The van der Waals surface area contributed by atoms with Crippen molar-refractivity contribution in [3.05, 3.63) is 29.8 Å². The minimum absolute atomic E-state index is 0.0601. The molecule has 1 heterocycles. The summed E-state index contributed by atoms with van der Waals surface area (Å²) in [5.41, 5.74) is 7.64. The number of thioether (sulfide) groups is 1. The van der Waals surface area contributed by atoms with E-state index in [2.05, 4.69) is 20.3 Å². The van der Waals surface area contributed by atoms with Crippen LogP contribution in [0.1, 0.15) is 24.9 Å². The zero-order valence-electron chi connectivity index (χ0n) is 14.4. The first-order chi connectivity index (χ1) is 12.0. The van der Waals surface area contributed by atoms with Crippen molar-refractivity contribution >= 4 is 35.3 Å². The van der Waals surface area contributed by atoms with Gasteiger partial charge < -0.3 is 15.8 Å². The van der Waals surface area contributed by atoms with Crippen molar-refractivity contribution in [2.75, 3.05) is 23.9 Å². The van der Waals surface area contributed by atoms with Crippen molar-refractivity contribution in [3.8, 4) is 0 Å². The summed E-state index contributed by atoms with van der Waals surface area (Å²) in [4.78, 5) is 24.0. The van der Waals surface area contributed by atoms with E-state index < -0.39 is 12.0 Å². The topological polar surface area (TPSA) is 112 Å². The van der Waals surface area contributed by atoms with E-state index in [1.54, 1.807) is 4.57 Å². The highest BCUT2D eigenvalue weighted by atomic mass is 32.2. The van der Waals surface area contributed by atoms with E-state index in [0.717, 1.165) is 17.3 Å². The minimum Gasteiger partial charge on any atom is -0.468 e. The van der Waals surface area contributed by atoms with Crippen LogP contribution in [0, 0.1) is 6.92 Å². The molecular formula is C16H21N5O3S. The summed E-state index contributed by atoms with van der Waals surface area (Å²) >= 11 is 1.13. The first kappa shape index (κ1) is 18.8. The van der Waals surface area contributed by atoms with Crippen LogP contribution < -0.4 is 11.1 Å². The number of esters is 1. The van der Waals surface area contributed by atoms with Gasteiger partial charge >= 0.3 is 5.97 Å². The summed E-state index contributed by atoms with van der Waals surface area (Å²) in [5, 5.41) is 11.1. The lowest BCUT2D eigenvalue weighted by molar-refractivity contribution is -0.137. The molecule has 3 N–H and O–H groups in total. The van der Waals surface area contributed by atoms with Gasteiger partial charge in [-0.1, -0.05) is 30.8 Å². The van der Waals surface area contributed by atoms with E-state index in [1.807, 2.05) is 38.1 Å². The molecule has 1 aromatic heterocycles. The Hall–Kier alpha value is -2.55. The molecule has 134 valence electrons. The van der Waals surface area contributed by atoms with Gasteiger partial charge in [-0.2, -0.15) is 0 Å². The Kier molecular flexibility index (Phi) is 6.40. The first-order valence-corrected chi connectivity index (χ1v) is 8.72. The van der Waals surface area contributed by atoms with Crippen molar-refractivity contribution in [2.45, 2.75) is 31.5 Å². The monoisotopic (exact) mass is 363 g/mol. The number of hydrogen-bond donors (Lipinski definition) is 2. The number of ether oxygens (including phenoxy) is 1. The van der Waals surface area contributed by atoms with E-state index in [0.29, 0.717) is 17.3 Å². The predicted molar refractivity (Wildman–Crippen MR) is 96.3 cm³/mol. The van der Waals surface area contributed by atoms with E-state index in [1.165, 1.54) is 7.11 Å². The van der Waals surface area contributed by atoms with Crippen LogP contribution >= 0.6 is 11.8 Å². The highest BCUT2D eigenvalue weighted by molar-refractivity contribution is 7.99. The molecule has 0 saturated carbocycles. The summed E-state index contributed by atoms with van der Waals surface area (Å²) in [7, 11) is 1.31. The molecule has 8 nitrogen and oxygen atoms in total. The number of aromatic nitrogens is 3. The molecule has 2 aromatic rings. The lowest BCUT2D eigenvalue weighted by atomic mass is 10.2. The maximum absolute atomic E-state index is 12.7. The molecule has 0 aliphatic heterocycles. The van der Waals surface area contributed by atoms with Crippen LogP contribution in [0.5, 0.6) is 0 Å². The number of nitrogens with two attached hydrogens (primary N) is 1. The van der Waals surface area contributed by atoms with Gasteiger partial charge in [-0.15, -0.1) is 10.2 Å². The molecule has 0 aliphatic carbocycles. The van der Waals surface area contributed by atoms with Gasteiger partial charge in [-0.3, -0.25) is 14.2 Å². The number of hydrogen-bond acceptors (Lipinski definition) is 7. The number of methoxy groups -OCH3 is 1. The van der Waals surface area contributed by atoms with Gasteiger partial charge in [-0.05, 0) is 31.0 Å². The number of carbonyl (C=O) groups excluding carboxylic acids is 2. The molecule has 1 unspecified atom stereocenters. The third kappa shape index (κ3) is 4.72. The summed E-state index contributed by atoms with van der Waals surface area (Å²) in [5.74, 6) is -0.432. The van der Waals surface area contributed by atoms with E-state index in [9.17, 15) is 9.59 Å². The molecule has 1 atom stereocenters. The molecule has 1 amide bonds. The lowest BCUT2D eigenvalue weighted by Crippen LogP contribution is -2.27. The smallest absolute Gasteiger partial charge is 0.316 e. The maximum Gasteiger partial charge on any atom is 0.316 e. The number of nitrogens with zero attached hydrogens (tertiary/aromatic N) is 3. The molecule has 0 bridgehead atoms. The second kappa shape index (κ2) is 8.52. The standard InChI is InChI=1S/C16H21N5O3S/c1-4-12(14(23)18-11-7-5-6-10(2)8-11)21-15(17)19-20-16(21)25-9-13(22)24-3/h5-8,12H,4,9H2,1-3H3,(H2,17,19)(H,18,23). The minimum atomic E-state index is -0.587. The van der Waals surface area contributed by atoms with Gasteiger partial charge in [0.2, 0.25) is 11.9 Å². The third-order valence-corrected chi connectivity index (χ3v) is 4.44. The van der Waals surface area contributed by atoms with Gasteiger partial charge in [0.15, 0.2) is 5.16 Å². The number of benzene rings is 1. The zero-order chi connectivity index (χ0) is 18.4. The van der Waals surface area contributed by atoms with Crippen LogP contribution in [0.2, 0.25) is 0 Å². The molecule has 0 fully saturated rings. The Labute approximate surface area is 150 Å². The Morgan fingerprint density at radius 3 is 2.80 bits per heavy atom. The van der Waals surface area contributed by atoms with Crippen molar-refractivity contribution in [2.24, 2.45) is 0 Å². The number of carbonyl (C=O) groups is 2. The van der Waals surface area contributed by atoms with Crippen LogP contribution in [0.4, 0.5) is 11.6 Å². The molecule has 1 aromatic carbocycles. The van der Waals surface area contributed by atoms with Gasteiger partial charge in [-0.25, -0.2) is 0 Å². The van der Waals surface area contributed by atoms with Crippen LogP contribution in [-0.2, 0) is 14.3 Å². The summed E-state index contributed by atoms with van der Waals surface area (Å²) in [6.07, 6.45) is 0.492. The average molecular weight is 363 g/mol. The quantitative estimate of drug-likeness (QED) is 0.571. The van der Waals surface area contributed by atoms with Crippen molar-refractivity contribution < 1.29 is 14.3 Å². The van der Waals surface area contributed by atoms with E-state index in [-0.39, 0.29) is 17.6 Å². The van der Waals surface area contributed by atoms with Gasteiger partial charge in [0.1, 0.15) is 6.04 Å². The molecule has 0 spiro atoms.